The molecule has 0 bridgehead atoms. The molecule has 0 aromatic rings. The van der Waals surface area contributed by atoms with E-state index < -0.39 is 17.8 Å². The van der Waals surface area contributed by atoms with Gasteiger partial charge in [0.2, 0.25) is 0 Å². The molecule has 18 heavy (non-hydrogen) atoms. The quantitative estimate of drug-likeness (QED) is 0.396. The molecule has 1 N–H and O–H groups in total. The van der Waals surface area contributed by atoms with Crippen LogP contribution >= 0.6 is 0 Å². The zero-order valence-electron chi connectivity index (χ0n) is 11.0. The van der Waals surface area contributed by atoms with Gasteiger partial charge in [-0.1, -0.05) is 26.7 Å². The highest BCUT2D eigenvalue weighted by Crippen LogP contribution is 1.90. The van der Waals surface area contributed by atoms with Gasteiger partial charge in [0.15, 0.2) is 0 Å². The smallest absolute Gasteiger partial charge is 0.396 e. The van der Waals surface area contributed by atoms with E-state index in [9.17, 15) is 14.4 Å². The number of unbranched alkanes of at least 4 members (excludes halogenated alkanes) is 2. The molecule has 1 amide bonds. The molecule has 0 radical (unpaired) electrons. The second-order valence-electron chi connectivity index (χ2n) is 3.75. The first-order valence-corrected chi connectivity index (χ1v) is 6.22. The standard InChI is InChI=1S/C12H21NO5/c1-3-5-7-17-10(14)9-13-11(15)12(16)18-8-6-4-2/h3-9H2,1-2H3,(H,13,15). The van der Waals surface area contributed by atoms with Crippen LogP contribution in [0.3, 0.4) is 0 Å². The molecule has 0 rings (SSSR count). The predicted molar refractivity (Wildman–Crippen MR) is 64.7 cm³/mol. The van der Waals surface area contributed by atoms with Crippen LogP contribution in [0.2, 0.25) is 0 Å². The van der Waals surface area contributed by atoms with Crippen LogP contribution in [-0.4, -0.2) is 37.6 Å². The monoisotopic (exact) mass is 259 g/mol. The van der Waals surface area contributed by atoms with Crippen LogP contribution in [0.25, 0.3) is 0 Å². The first-order valence-electron chi connectivity index (χ1n) is 6.22. The maximum absolute atomic E-state index is 11.2. The van der Waals surface area contributed by atoms with Gasteiger partial charge in [0, 0.05) is 0 Å². The summed E-state index contributed by atoms with van der Waals surface area (Å²) >= 11 is 0. The van der Waals surface area contributed by atoms with Crippen molar-refractivity contribution in [2.75, 3.05) is 19.8 Å². The number of nitrogens with one attached hydrogen (secondary N) is 1. The van der Waals surface area contributed by atoms with E-state index in [2.05, 4.69) is 10.1 Å². The Morgan fingerprint density at radius 1 is 0.944 bits per heavy atom. The number of esters is 2. The van der Waals surface area contributed by atoms with Gasteiger partial charge in [0.25, 0.3) is 0 Å². The summed E-state index contributed by atoms with van der Waals surface area (Å²) in [6.45, 7) is 4.14. The van der Waals surface area contributed by atoms with E-state index in [1.165, 1.54) is 0 Å². The Balaban J connectivity index is 3.68. The number of hydrogen-bond acceptors (Lipinski definition) is 5. The summed E-state index contributed by atoms with van der Waals surface area (Å²) in [5.41, 5.74) is 0. The van der Waals surface area contributed by atoms with Crippen LogP contribution in [0.5, 0.6) is 0 Å². The maximum atomic E-state index is 11.2. The summed E-state index contributed by atoms with van der Waals surface area (Å²) < 4.78 is 9.48. The molecule has 0 aliphatic carbocycles. The first-order chi connectivity index (χ1) is 8.61. The molecule has 0 atom stereocenters. The third-order valence-corrected chi connectivity index (χ3v) is 2.07. The number of ether oxygens (including phenoxy) is 2. The maximum Gasteiger partial charge on any atom is 0.396 e. The average molecular weight is 259 g/mol. The highest BCUT2D eigenvalue weighted by Gasteiger charge is 2.16. The van der Waals surface area contributed by atoms with Crippen LogP contribution < -0.4 is 5.32 Å². The van der Waals surface area contributed by atoms with Crippen LogP contribution in [0, 0.1) is 0 Å². The minimum absolute atomic E-state index is 0.212. The third kappa shape index (κ3) is 8.55. The van der Waals surface area contributed by atoms with Crippen molar-refractivity contribution in [1.82, 2.24) is 5.32 Å². The van der Waals surface area contributed by atoms with Gasteiger partial charge < -0.3 is 14.8 Å². The lowest BCUT2D eigenvalue weighted by molar-refractivity contribution is -0.155. The van der Waals surface area contributed by atoms with Gasteiger partial charge in [-0.2, -0.15) is 0 Å². The Bertz CT molecular complexity index is 278. The third-order valence-electron chi connectivity index (χ3n) is 2.07. The summed E-state index contributed by atoms with van der Waals surface area (Å²) in [7, 11) is 0. The van der Waals surface area contributed by atoms with Gasteiger partial charge in [-0.05, 0) is 12.8 Å². The topological polar surface area (TPSA) is 81.7 Å². The minimum atomic E-state index is -0.968. The van der Waals surface area contributed by atoms with Crippen molar-refractivity contribution >= 4 is 17.8 Å². The molecular formula is C12H21NO5. The molecule has 0 aliphatic rings. The Labute approximate surface area is 107 Å². The lowest BCUT2D eigenvalue weighted by Gasteiger charge is -2.06. The molecule has 0 aliphatic heterocycles. The molecule has 0 saturated carbocycles. The zero-order valence-corrected chi connectivity index (χ0v) is 11.0. The van der Waals surface area contributed by atoms with Crippen LogP contribution in [-0.2, 0) is 23.9 Å². The summed E-state index contributed by atoms with van der Waals surface area (Å²) in [5, 5.41) is 2.15. The highest BCUT2D eigenvalue weighted by atomic mass is 16.5. The summed E-state index contributed by atoms with van der Waals surface area (Å²) in [4.78, 5) is 33.4. The number of hydrogen-bond donors (Lipinski definition) is 1. The van der Waals surface area contributed by atoms with Gasteiger partial charge >= 0.3 is 17.8 Å². The van der Waals surface area contributed by atoms with Crippen LogP contribution in [0.1, 0.15) is 39.5 Å². The fourth-order valence-corrected chi connectivity index (χ4v) is 0.981. The fourth-order valence-electron chi connectivity index (χ4n) is 0.981. The molecule has 0 saturated heterocycles. The van der Waals surface area contributed by atoms with E-state index in [1.807, 2.05) is 13.8 Å². The summed E-state index contributed by atoms with van der Waals surface area (Å²) in [5.74, 6) is -2.44. The predicted octanol–water partition coefficient (Wildman–Crippen LogP) is 0.789. The van der Waals surface area contributed by atoms with E-state index >= 15 is 0 Å². The van der Waals surface area contributed by atoms with Crippen molar-refractivity contribution in [3.8, 4) is 0 Å². The summed E-state index contributed by atoms with van der Waals surface area (Å²) in [6, 6.07) is 0. The zero-order chi connectivity index (χ0) is 13.8. The molecule has 6 nitrogen and oxygen atoms in total. The van der Waals surface area contributed by atoms with Gasteiger partial charge in [-0.15, -0.1) is 0 Å². The molecule has 0 heterocycles. The van der Waals surface area contributed by atoms with E-state index in [1.54, 1.807) is 0 Å². The van der Waals surface area contributed by atoms with Crippen molar-refractivity contribution in [2.45, 2.75) is 39.5 Å². The van der Waals surface area contributed by atoms with Crippen molar-refractivity contribution in [2.24, 2.45) is 0 Å². The molecule has 0 spiro atoms. The van der Waals surface area contributed by atoms with Gasteiger partial charge in [-0.25, -0.2) is 4.79 Å². The number of carbonyl (C=O) groups is 3. The molecule has 0 fully saturated rings. The number of carbonyl (C=O) groups excluding carboxylic acids is 3. The minimum Gasteiger partial charge on any atom is -0.464 e. The molecule has 104 valence electrons. The van der Waals surface area contributed by atoms with Gasteiger partial charge in [-0.3, -0.25) is 9.59 Å². The van der Waals surface area contributed by atoms with E-state index in [-0.39, 0.29) is 13.2 Å². The van der Waals surface area contributed by atoms with E-state index in [0.717, 1.165) is 19.3 Å². The van der Waals surface area contributed by atoms with Crippen molar-refractivity contribution in [3.63, 3.8) is 0 Å². The Kier molecular flexibility index (Phi) is 9.62. The largest absolute Gasteiger partial charge is 0.464 e. The molecule has 6 heteroatoms. The second-order valence-corrected chi connectivity index (χ2v) is 3.75. The van der Waals surface area contributed by atoms with E-state index in [4.69, 9.17) is 4.74 Å². The SMILES string of the molecule is CCCCOC(=O)CNC(=O)C(=O)OCCCC. The number of amides is 1. The van der Waals surface area contributed by atoms with Gasteiger partial charge in [0.05, 0.1) is 13.2 Å². The Hall–Kier alpha value is -1.59. The normalized spacial score (nSPS) is 9.67. The first kappa shape index (κ1) is 16.4. The Morgan fingerprint density at radius 2 is 1.50 bits per heavy atom. The number of rotatable bonds is 8. The second kappa shape index (κ2) is 10.6. The molecule has 0 unspecified atom stereocenters. The van der Waals surface area contributed by atoms with E-state index in [0.29, 0.717) is 13.0 Å². The van der Waals surface area contributed by atoms with Crippen LogP contribution in [0.4, 0.5) is 0 Å². The van der Waals surface area contributed by atoms with Gasteiger partial charge in [0.1, 0.15) is 6.54 Å². The molecular weight excluding hydrogens is 238 g/mol. The molecule has 0 aromatic heterocycles. The molecule has 0 aromatic carbocycles. The lowest BCUT2D eigenvalue weighted by Crippen LogP contribution is -2.36. The van der Waals surface area contributed by atoms with Crippen molar-refractivity contribution in [1.29, 1.82) is 0 Å². The lowest BCUT2D eigenvalue weighted by atomic mass is 10.4. The van der Waals surface area contributed by atoms with Crippen molar-refractivity contribution < 1.29 is 23.9 Å². The highest BCUT2D eigenvalue weighted by molar-refractivity contribution is 6.32. The Morgan fingerprint density at radius 3 is 2.06 bits per heavy atom. The summed E-state index contributed by atoms with van der Waals surface area (Å²) in [6.07, 6.45) is 3.28. The fraction of sp³-hybridized carbons (Fsp3) is 0.750. The van der Waals surface area contributed by atoms with Crippen LogP contribution in [0.15, 0.2) is 0 Å². The van der Waals surface area contributed by atoms with Crippen molar-refractivity contribution in [3.05, 3.63) is 0 Å². The average Bonchev–Trinajstić information content (AvgIpc) is 2.36.